The van der Waals surface area contributed by atoms with Gasteiger partial charge in [0, 0.05) is 12.8 Å². The first-order valence-electron chi connectivity index (χ1n) is 5.63. The van der Waals surface area contributed by atoms with Gasteiger partial charge in [-0.2, -0.15) is 0 Å². The molecule has 0 fully saturated rings. The molecule has 2 rings (SSSR count). The summed E-state index contributed by atoms with van der Waals surface area (Å²) in [5.41, 5.74) is 7.49. The van der Waals surface area contributed by atoms with E-state index in [1.807, 2.05) is 31.3 Å². The molecule has 0 amide bonds. The molecule has 0 radical (unpaired) electrons. The summed E-state index contributed by atoms with van der Waals surface area (Å²) in [4.78, 5) is 10.6. The van der Waals surface area contributed by atoms with Crippen LogP contribution in [0, 0.1) is 0 Å². The summed E-state index contributed by atoms with van der Waals surface area (Å²) in [5, 5.41) is 17.2. The van der Waals surface area contributed by atoms with Gasteiger partial charge in [-0.05, 0) is 11.1 Å². The largest absolute Gasteiger partial charge is 0.481 e. The topological polar surface area (TPSA) is 94.0 Å². The fourth-order valence-corrected chi connectivity index (χ4v) is 2.40. The number of nitrogens with zero attached hydrogens (tertiary/aromatic N) is 3. The summed E-state index contributed by atoms with van der Waals surface area (Å²) >= 11 is 1.53. The van der Waals surface area contributed by atoms with Gasteiger partial charge in [0.15, 0.2) is 5.16 Å². The predicted octanol–water partition coefficient (Wildman–Crippen LogP) is 1.32. The minimum absolute atomic E-state index is 0.0489. The Kier molecular flexibility index (Phi) is 4.06. The van der Waals surface area contributed by atoms with Crippen molar-refractivity contribution in [3.63, 3.8) is 0 Å². The normalized spacial score (nSPS) is 10.6. The van der Waals surface area contributed by atoms with Gasteiger partial charge in [0.2, 0.25) is 5.95 Å². The van der Waals surface area contributed by atoms with Crippen LogP contribution in [0.15, 0.2) is 29.4 Å². The van der Waals surface area contributed by atoms with Crippen LogP contribution in [0.5, 0.6) is 0 Å². The molecule has 0 atom stereocenters. The van der Waals surface area contributed by atoms with Crippen molar-refractivity contribution < 1.29 is 9.90 Å². The van der Waals surface area contributed by atoms with E-state index in [-0.39, 0.29) is 6.42 Å². The van der Waals surface area contributed by atoms with Crippen LogP contribution < -0.4 is 5.73 Å². The molecule has 0 unspecified atom stereocenters. The summed E-state index contributed by atoms with van der Waals surface area (Å²) in [6, 6.07) is 7.50. The minimum Gasteiger partial charge on any atom is -0.481 e. The first-order chi connectivity index (χ1) is 9.06. The number of carboxylic acids is 1. The summed E-state index contributed by atoms with van der Waals surface area (Å²) in [6.07, 6.45) is 0.0489. The van der Waals surface area contributed by atoms with E-state index in [1.54, 1.807) is 4.57 Å². The summed E-state index contributed by atoms with van der Waals surface area (Å²) < 4.78 is 1.73. The highest BCUT2D eigenvalue weighted by Crippen LogP contribution is 2.21. The van der Waals surface area contributed by atoms with Gasteiger partial charge in [0.05, 0.1) is 6.42 Å². The number of aliphatic carboxylic acids is 1. The van der Waals surface area contributed by atoms with E-state index in [9.17, 15) is 4.79 Å². The van der Waals surface area contributed by atoms with Crippen LogP contribution in [0.1, 0.15) is 11.1 Å². The number of carboxylic acid groups (broad SMARTS) is 1. The molecule has 0 saturated heterocycles. The Morgan fingerprint density at radius 3 is 2.47 bits per heavy atom. The van der Waals surface area contributed by atoms with Crippen molar-refractivity contribution >= 4 is 23.7 Å². The van der Waals surface area contributed by atoms with Gasteiger partial charge in [-0.3, -0.25) is 9.36 Å². The van der Waals surface area contributed by atoms with E-state index in [0.717, 1.165) is 22.0 Å². The number of nitrogens with two attached hydrogens (primary N) is 1. The average molecular weight is 278 g/mol. The molecular weight excluding hydrogens is 264 g/mol. The zero-order chi connectivity index (χ0) is 13.8. The monoisotopic (exact) mass is 278 g/mol. The zero-order valence-electron chi connectivity index (χ0n) is 10.4. The maximum atomic E-state index is 10.6. The van der Waals surface area contributed by atoms with E-state index in [1.165, 1.54) is 11.8 Å². The Labute approximate surface area is 114 Å². The number of anilines is 1. The first kappa shape index (κ1) is 13.4. The SMILES string of the molecule is Cn1c(N)nnc1SCc1ccc(CC(=O)O)cc1. The second-order valence-corrected chi connectivity index (χ2v) is 5.02. The fourth-order valence-electron chi connectivity index (χ4n) is 1.53. The van der Waals surface area contributed by atoms with Crippen LogP contribution in [-0.2, 0) is 24.0 Å². The van der Waals surface area contributed by atoms with Crippen LogP contribution in [0.25, 0.3) is 0 Å². The molecule has 0 spiro atoms. The van der Waals surface area contributed by atoms with Crippen molar-refractivity contribution in [2.24, 2.45) is 7.05 Å². The number of rotatable bonds is 5. The molecule has 7 heteroatoms. The van der Waals surface area contributed by atoms with E-state index in [0.29, 0.717) is 5.95 Å². The van der Waals surface area contributed by atoms with E-state index >= 15 is 0 Å². The molecule has 0 aliphatic carbocycles. The van der Waals surface area contributed by atoms with Crippen LogP contribution in [0.4, 0.5) is 5.95 Å². The van der Waals surface area contributed by atoms with Gasteiger partial charge in [-0.25, -0.2) is 0 Å². The van der Waals surface area contributed by atoms with Gasteiger partial charge in [0.1, 0.15) is 0 Å². The molecule has 0 aliphatic heterocycles. The highest BCUT2D eigenvalue weighted by molar-refractivity contribution is 7.98. The molecule has 6 nitrogen and oxygen atoms in total. The van der Waals surface area contributed by atoms with Crippen LogP contribution in [0.2, 0.25) is 0 Å². The second-order valence-electron chi connectivity index (χ2n) is 4.08. The highest BCUT2D eigenvalue weighted by atomic mass is 32.2. The third-order valence-electron chi connectivity index (χ3n) is 2.61. The average Bonchev–Trinajstić information content (AvgIpc) is 2.69. The Morgan fingerprint density at radius 1 is 1.32 bits per heavy atom. The number of hydrogen-bond acceptors (Lipinski definition) is 5. The molecule has 1 heterocycles. The molecular formula is C12H14N4O2S. The summed E-state index contributed by atoms with van der Waals surface area (Å²) in [6.45, 7) is 0. The second kappa shape index (κ2) is 5.75. The third-order valence-corrected chi connectivity index (χ3v) is 3.71. The highest BCUT2D eigenvalue weighted by Gasteiger charge is 2.06. The van der Waals surface area contributed by atoms with Gasteiger partial charge in [0.25, 0.3) is 0 Å². The van der Waals surface area contributed by atoms with Gasteiger partial charge in [-0.1, -0.05) is 36.0 Å². The molecule has 2 aromatic rings. The van der Waals surface area contributed by atoms with Crippen molar-refractivity contribution in [3.8, 4) is 0 Å². The summed E-state index contributed by atoms with van der Waals surface area (Å²) in [5.74, 6) is 0.301. The lowest BCUT2D eigenvalue weighted by atomic mass is 10.1. The maximum Gasteiger partial charge on any atom is 0.307 e. The first-order valence-corrected chi connectivity index (χ1v) is 6.62. The number of carbonyl (C=O) groups is 1. The third kappa shape index (κ3) is 3.47. The standard InChI is InChI=1S/C12H14N4O2S/c1-16-11(13)14-15-12(16)19-7-9-4-2-8(3-5-9)6-10(17)18/h2-5H,6-7H2,1H3,(H2,13,14)(H,17,18). The van der Waals surface area contributed by atoms with Crippen LogP contribution in [-0.4, -0.2) is 25.8 Å². The molecule has 1 aromatic heterocycles. The maximum absolute atomic E-state index is 10.6. The van der Waals surface area contributed by atoms with E-state index in [4.69, 9.17) is 10.8 Å². The molecule has 0 saturated carbocycles. The number of hydrogen-bond donors (Lipinski definition) is 2. The van der Waals surface area contributed by atoms with Gasteiger partial charge in [-0.15, -0.1) is 10.2 Å². The molecule has 0 aliphatic rings. The number of thioether (sulfide) groups is 1. The lowest BCUT2D eigenvalue weighted by molar-refractivity contribution is -0.136. The Hall–Kier alpha value is -2.02. The molecule has 1 aromatic carbocycles. The minimum atomic E-state index is -0.823. The van der Waals surface area contributed by atoms with Gasteiger partial charge >= 0.3 is 5.97 Å². The number of benzene rings is 1. The molecule has 3 N–H and O–H groups in total. The number of aromatic nitrogens is 3. The summed E-state index contributed by atoms with van der Waals surface area (Å²) in [7, 11) is 1.81. The Morgan fingerprint density at radius 2 is 1.95 bits per heavy atom. The zero-order valence-corrected chi connectivity index (χ0v) is 11.2. The van der Waals surface area contributed by atoms with E-state index < -0.39 is 5.97 Å². The van der Waals surface area contributed by atoms with Crippen molar-refractivity contribution in [2.75, 3.05) is 5.73 Å². The number of nitrogen functional groups attached to an aromatic ring is 1. The lowest BCUT2D eigenvalue weighted by Gasteiger charge is -2.03. The van der Waals surface area contributed by atoms with Gasteiger partial charge < -0.3 is 10.8 Å². The van der Waals surface area contributed by atoms with E-state index in [2.05, 4.69) is 10.2 Å². The van der Waals surface area contributed by atoms with Crippen molar-refractivity contribution in [3.05, 3.63) is 35.4 Å². The van der Waals surface area contributed by atoms with Crippen molar-refractivity contribution in [1.29, 1.82) is 0 Å². The molecule has 0 bridgehead atoms. The molecule has 19 heavy (non-hydrogen) atoms. The smallest absolute Gasteiger partial charge is 0.307 e. The van der Waals surface area contributed by atoms with Crippen LogP contribution in [0.3, 0.4) is 0 Å². The fraction of sp³-hybridized carbons (Fsp3) is 0.250. The van der Waals surface area contributed by atoms with Crippen molar-refractivity contribution in [1.82, 2.24) is 14.8 Å². The Bertz CT molecular complexity index is 580. The molecule has 100 valence electrons. The van der Waals surface area contributed by atoms with Crippen LogP contribution >= 0.6 is 11.8 Å². The quantitative estimate of drug-likeness (QED) is 0.801. The lowest BCUT2D eigenvalue weighted by Crippen LogP contribution is -2.00. The predicted molar refractivity (Wildman–Crippen MR) is 72.8 cm³/mol. The Balaban J connectivity index is 1.96. The van der Waals surface area contributed by atoms with Crippen molar-refractivity contribution in [2.45, 2.75) is 17.3 Å².